The van der Waals surface area contributed by atoms with Crippen molar-refractivity contribution >= 4 is 27.7 Å². The Labute approximate surface area is 125 Å². The molecule has 0 radical (unpaired) electrons. The summed E-state index contributed by atoms with van der Waals surface area (Å²) >= 11 is 5.02. The van der Waals surface area contributed by atoms with Gasteiger partial charge in [0.15, 0.2) is 0 Å². The maximum atomic E-state index is 13.5. The van der Waals surface area contributed by atoms with E-state index in [1.807, 2.05) is 24.3 Å². The van der Waals surface area contributed by atoms with Gasteiger partial charge in [0, 0.05) is 21.5 Å². The smallest absolute Gasteiger partial charge is 0.126 e. The minimum Gasteiger partial charge on any atom is -0.392 e. The minimum absolute atomic E-state index is 0.257. The highest BCUT2D eigenvalue weighted by molar-refractivity contribution is 9.10. The quantitative estimate of drug-likeness (QED) is 0.819. The zero-order valence-corrected chi connectivity index (χ0v) is 12.6. The normalized spacial score (nSPS) is 12.4. The number of rotatable bonds is 5. The van der Waals surface area contributed by atoms with E-state index in [9.17, 15) is 9.50 Å². The van der Waals surface area contributed by atoms with Crippen LogP contribution in [0.15, 0.2) is 57.9 Å². The molecule has 0 aliphatic rings. The Hall–Kier alpha value is -0.840. The summed E-state index contributed by atoms with van der Waals surface area (Å²) in [4.78, 5) is 1.08. The predicted octanol–water partition coefficient (Wildman–Crippen LogP) is 4.28. The number of benzene rings is 2. The first-order valence-corrected chi connectivity index (χ1v) is 7.73. The Morgan fingerprint density at radius 3 is 2.53 bits per heavy atom. The summed E-state index contributed by atoms with van der Waals surface area (Å²) in [5.74, 6) is 0.282. The van der Waals surface area contributed by atoms with Crippen molar-refractivity contribution in [3.05, 3.63) is 64.4 Å². The zero-order chi connectivity index (χ0) is 13.7. The monoisotopic (exact) mass is 340 g/mol. The van der Waals surface area contributed by atoms with Gasteiger partial charge in [0.25, 0.3) is 0 Å². The molecule has 0 saturated carbocycles. The number of hydrogen-bond donors (Lipinski definition) is 1. The highest BCUT2D eigenvalue weighted by atomic mass is 79.9. The molecule has 100 valence electrons. The van der Waals surface area contributed by atoms with Gasteiger partial charge >= 0.3 is 0 Å². The van der Waals surface area contributed by atoms with Crippen molar-refractivity contribution in [3.8, 4) is 0 Å². The minimum atomic E-state index is -0.561. The number of halogens is 2. The molecule has 1 atom stereocenters. The molecule has 0 spiro atoms. The Morgan fingerprint density at radius 2 is 1.79 bits per heavy atom. The molecule has 19 heavy (non-hydrogen) atoms. The second-order valence-corrected chi connectivity index (χ2v) is 6.11. The van der Waals surface area contributed by atoms with Crippen LogP contribution in [0.25, 0.3) is 0 Å². The predicted molar refractivity (Wildman–Crippen MR) is 81.0 cm³/mol. The first-order chi connectivity index (χ1) is 9.16. The van der Waals surface area contributed by atoms with E-state index >= 15 is 0 Å². The molecule has 0 amide bonds. The van der Waals surface area contributed by atoms with Crippen molar-refractivity contribution in [1.29, 1.82) is 0 Å². The molecular weight excluding hydrogens is 327 g/mol. The molecule has 0 fully saturated rings. The summed E-state index contributed by atoms with van der Waals surface area (Å²) < 4.78 is 14.5. The summed E-state index contributed by atoms with van der Waals surface area (Å²) in [6.07, 6.45) is -0.224. The molecule has 2 aromatic rings. The molecule has 2 rings (SSSR count). The van der Waals surface area contributed by atoms with E-state index in [-0.39, 0.29) is 5.82 Å². The zero-order valence-electron chi connectivity index (χ0n) is 10.2. The fourth-order valence-electron chi connectivity index (χ4n) is 1.72. The molecule has 0 aliphatic carbocycles. The molecule has 0 saturated heterocycles. The molecular formula is C15H14BrFOS. The van der Waals surface area contributed by atoms with Crippen LogP contribution in [0.2, 0.25) is 0 Å². The van der Waals surface area contributed by atoms with E-state index in [1.54, 1.807) is 30.0 Å². The van der Waals surface area contributed by atoms with Crippen LogP contribution in [0.1, 0.15) is 5.56 Å². The number of aliphatic hydroxyl groups is 1. The fraction of sp³-hybridized carbons (Fsp3) is 0.200. The Balaban J connectivity index is 1.90. The first kappa shape index (κ1) is 14.6. The summed E-state index contributed by atoms with van der Waals surface area (Å²) in [5, 5.41) is 9.98. The van der Waals surface area contributed by atoms with Crippen LogP contribution in [0.3, 0.4) is 0 Å². The van der Waals surface area contributed by atoms with E-state index in [1.165, 1.54) is 6.07 Å². The maximum Gasteiger partial charge on any atom is 0.126 e. The van der Waals surface area contributed by atoms with E-state index in [0.717, 1.165) is 9.37 Å². The van der Waals surface area contributed by atoms with Gasteiger partial charge in [0.1, 0.15) is 5.82 Å². The maximum absolute atomic E-state index is 13.5. The Kier molecular flexibility index (Phi) is 5.43. The standard InChI is InChI=1S/C15H14BrFOS/c16-13-6-2-4-8-15(13)19-10-12(18)9-11-5-1-3-7-14(11)17/h1-8,12,18H,9-10H2. The van der Waals surface area contributed by atoms with Gasteiger partial charge < -0.3 is 5.11 Å². The summed E-state index contributed by atoms with van der Waals surface area (Å²) in [7, 11) is 0. The Morgan fingerprint density at radius 1 is 1.11 bits per heavy atom. The number of thioether (sulfide) groups is 1. The van der Waals surface area contributed by atoms with Gasteiger partial charge in [0.05, 0.1) is 6.10 Å². The SMILES string of the molecule is OC(CSc1ccccc1Br)Cc1ccccc1F. The first-order valence-electron chi connectivity index (χ1n) is 5.95. The number of aliphatic hydroxyl groups excluding tert-OH is 1. The van der Waals surface area contributed by atoms with E-state index < -0.39 is 6.10 Å². The number of hydrogen-bond acceptors (Lipinski definition) is 2. The van der Waals surface area contributed by atoms with Crippen molar-refractivity contribution in [2.45, 2.75) is 17.4 Å². The van der Waals surface area contributed by atoms with Gasteiger partial charge in [0.2, 0.25) is 0 Å². The fourth-order valence-corrected chi connectivity index (χ4v) is 3.22. The van der Waals surface area contributed by atoms with Gasteiger partial charge in [-0.2, -0.15) is 0 Å². The molecule has 0 bridgehead atoms. The van der Waals surface area contributed by atoms with E-state index in [2.05, 4.69) is 15.9 Å². The van der Waals surface area contributed by atoms with Crippen molar-refractivity contribution < 1.29 is 9.50 Å². The van der Waals surface area contributed by atoms with Crippen LogP contribution in [0.4, 0.5) is 4.39 Å². The van der Waals surface area contributed by atoms with Crippen LogP contribution >= 0.6 is 27.7 Å². The molecule has 0 aliphatic heterocycles. The van der Waals surface area contributed by atoms with E-state index in [4.69, 9.17) is 0 Å². The van der Waals surface area contributed by atoms with Gasteiger partial charge in [-0.3, -0.25) is 0 Å². The largest absolute Gasteiger partial charge is 0.392 e. The highest BCUT2D eigenvalue weighted by Crippen LogP contribution is 2.27. The lowest BCUT2D eigenvalue weighted by Crippen LogP contribution is -2.14. The van der Waals surface area contributed by atoms with Crippen LogP contribution in [0, 0.1) is 5.82 Å². The summed E-state index contributed by atoms with van der Waals surface area (Å²) in [6.45, 7) is 0. The average Bonchev–Trinajstić information content (AvgIpc) is 2.40. The lowest BCUT2D eigenvalue weighted by Gasteiger charge is -2.11. The topological polar surface area (TPSA) is 20.2 Å². The summed E-state index contributed by atoms with van der Waals surface area (Å²) in [6, 6.07) is 14.4. The van der Waals surface area contributed by atoms with Gasteiger partial charge in [-0.25, -0.2) is 4.39 Å². The third-order valence-corrected chi connectivity index (χ3v) is 4.85. The van der Waals surface area contributed by atoms with Crippen molar-refractivity contribution in [1.82, 2.24) is 0 Å². The third-order valence-electron chi connectivity index (χ3n) is 2.68. The van der Waals surface area contributed by atoms with Crippen LogP contribution in [-0.2, 0) is 6.42 Å². The molecule has 2 aromatic carbocycles. The average molecular weight is 341 g/mol. The van der Waals surface area contributed by atoms with Crippen molar-refractivity contribution in [3.63, 3.8) is 0 Å². The molecule has 1 nitrogen and oxygen atoms in total. The van der Waals surface area contributed by atoms with Crippen molar-refractivity contribution in [2.24, 2.45) is 0 Å². The molecule has 1 N–H and O–H groups in total. The van der Waals surface area contributed by atoms with Crippen LogP contribution in [-0.4, -0.2) is 17.0 Å². The molecule has 4 heteroatoms. The van der Waals surface area contributed by atoms with E-state index in [0.29, 0.717) is 17.7 Å². The van der Waals surface area contributed by atoms with Crippen LogP contribution in [0.5, 0.6) is 0 Å². The van der Waals surface area contributed by atoms with Crippen molar-refractivity contribution in [2.75, 3.05) is 5.75 Å². The second kappa shape index (κ2) is 7.08. The van der Waals surface area contributed by atoms with Gasteiger partial charge in [-0.1, -0.05) is 30.3 Å². The summed E-state index contributed by atoms with van der Waals surface area (Å²) in [5.41, 5.74) is 0.558. The van der Waals surface area contributed by atoms with Crippen LogP contribution < -0.4 is 0 Å². The Bertz CT molecular complexity index is 547. The molecule has 1 unspecified atom stereocenters. The van der Waals surface area contributed by atoms with Gasteiger partial charge in [-0.05, 0) is 39.7 Å². The third kappa shape index (κ3) is 4.34. The van der Waals surface area contributed by atoms with Gasteiger partial charge in [-0.15, -0.1) is 11.8 Å². The highest BCUT2D eigenvalue weighted by Gasteiger charge is 2.10. The lowest BCUT2D eigenvalue weighted by atomic mass is 10.1. The second-order valence-electron chi connectivity index (χ2n) is 4.19. The molecule has 0 heterocycles. The molecule has 0 aromatic heterocycles. The lowest BCUT2D eigenvalue weighted by molar-refractivity contribution is 0.198.